The van der Waals surface area contributed by atoms with Crippen LogP contribution in [0.15, 0.2) is 18.3 Å². The van der Waals surface area contributed by atoms with Gasteiger partial charge in [0, 0.05) is 51.0 Å². The lowest BCUT2D eigenvalue weighted by molar-refractivity contribution is 0.0109. The van der Waals surface area contributed by atoms with Crippen LogP contribution in [0.5, 0.6) is 0 Å². The van der Waals surface area contributed by atoms with Gasteiger partial charge in [0.2, 0.25) is 5.95 Å². The molecule has 9 heteroatoms. The average molecular weight is 447 g/mol. The Balaban J connectivity index is 1.64. The fourth-order valence-electron chi connectivity index (χ4n) is 4.29. The van der Waals surface area contributed by atoms with Gasteiger partial charge < -0.3 is 25.2 Å². The van der Waals surface area contributed by atoms with Crippen LogP contribution in [0.4, 0.5) is 26.1 Å². The molecule has 0 aliphatic carbocycles. The molecule has 2 aromatic rings. The van der Waals surface area contributed by atoms with Crippen molar-refractivity contribution in [3.63, 3.8) is 0 Å². The first kappa shape index (κ1) is 22.7. The Morgan fingerprint density at radius 1 is 1.16 bits per heavy atom. The lowest BCUT2D eigenvalue weighted by Crippen LogP contribution is -2.50. The summed E-state index contributed by atoms with van der Waals surface area (Å²) >= 11 is 0. The molecule has 2 aliphatic heterocycles. The van der Waals surface area contributed by atoms with Crippen molar-refractivity contribution in [1.29, 1.82) is 0 Å². The van der Waals surface area contributed by atoms with Crippen molar-refractivity contribution in [2.45, 2.75) is 32.9 Å². The average Bonchev–Trinajstić information content (AvgIpc) is 2.78. The summed E-state index contributed by atoms with van der Waals surface area (Å²) in [6, 6.07) is 3.11. The standard InChI is InChI=1S/C23H32F2N6O/c1-14(2)19-13-31(9-10-32-19)23-27-6-5-17(28-23)20-16(24)11-18(22(26)21(20)25)30-8-7-29(4)15(3)12-30/h5-6,11,14-15,19H,7-10,12-13,26H2,1-4H3/t15-,19-/m0/s1. The fourth-order valence-corrected chi connectivity index (χ4v) is 4.29. The molecule has 174 valence electrons. The zero-order valence-electron chi connectivity index (χ0n) is 19.2. The predicted octanol–water partition coefficient (Wildman–Crippen LogP) is 3.01. The van der Waals surface area contributed by atoms with Gasteiger partial charge in [-0.1, -0.05) is 13.8 Å². The van der Waals surface area contributed by atoms with E-state index in [4.69, 9.17) is 10.5 Å². The summed E-state index contributed by atoms with van der Waals surface area (Å²) in [5.41, 5.74) is 6.47. The number of nitrogens with two attached hydrogens (primary N) is 1. The van der Waals surface area contributed by atoms with Crippen LogP contribution in [0.25, 0.3) is 11.3 Å². The molecule has 2 atom stereocenters. The molecule has 1 aromatic carbocycles. The third-order valence-corrected chi connectivity index (χ3v) is 6.55. The van der Waals surface area contributed by atoms with E-state index in [-0.39, 0.29) is 29.1 Å². The van der Waals surface area contributed by atoms with E-state index in [9.17, 15) is 0 Å². The van der Waals surface area contributed by atoms with Crippen molar-refractivity contribution in [2.75, 3.05) is 61.9 Å². The summed E-state index contributed by atoms with van der Waals surface area (Å²) in [6.45, 7) is 10.2. The molecule has 32 heavy (non-hydrogen) atoms. The summed E-state index contributed by atoms with van der Waals surface area (Å²) in [5.74, 6) is -0.672. The largest absolute Gasteiger partial charge is 0.395 e. The van der Waals surface area contributed by atoms with Crippen LogP contribution in [0.1, 0.15) is 20.8 Å². The van der Waals surface area contributed by atoms with Crippen molar-refractivity contribution in [3.05, 3.63) is 30.0 Å². The van der Waals surface area contributed by atoms with Crippen molar-refractivity contribution >= 4 is 17.3 Å². The monoisotopic (exact) mass is 446 g/mol. The first-order valence-corrected chi connectivity index (χ1v) is 11.2. The molecule has 2 aliphatic rings. The summed E-state index contributed by atoms with van der Waals surface area (Å²) in [5, 5.41) is 0. The van der Waals surface area contributed by atoms with Crippen LogP contribution in [-0.2, 0) is 4.74 Å². The zero-order valence-corrected chi connectivity index (χ0v) is 19.2. The van der Waals surface area contributed by atoms with Gasteiger partial charge in [0.1, 0.15) is 5.82 Å². The number of aromatic nitrogens is 2. The molecule has 0 bridgehead atoms. The second kappa shape index (κ2) is 9.15. The van der Waals surface area contributed by atoms with E-state index in [0.29, 0.717) is 50.3 Å². The predicted molar refractivity (Wildman–Crippen MR) is 123 cm³/mol. The second-order valence-electron chi connectivity index (χ2n) is 9.10. The molecule has 7 nitrogen and oxygen atoms in total. The van der Waals surface area contributed by atoms with Crippen molar-refractivity contribution in [2.24, 2.45) is 5.92 Å². The fraction of sp³-hybridized carbons (Fsp3) is 0.565. The highest BCUT2D eigenvalue weighted by Crippen LogP contribution is 2.36. The first-order chi connectivity index (χ1) is 15.3. The number of halogens is 2. The zero-order chi connectivity index (χ0) is 23.0. The molecule has 1 aromatic heterocycles. The van der Waals surface area contributed by atoms with Crippen LogP contribution in [0, 0.1) is 17.6 Å². The Bertz CT molecular complexity index is 972. The minimum Gasteiger partial charge on any atom is -0.395 e. The third-order valence-electron chi connectivity index (χ3n) is 6.55. The normalized spacial score (nSPS) is 22.6. The van der Waals surface area contributed by atoms with Crippen molar-refractivity contribution in [1.82, 2.24) is 14.9 Å². The smallest absolute Gasteiger partial charge is 0.226 e. The van der Waals surface area contributed by atoms with E-state index >= 15 is 8.78 Å². The molecule has 0 radical (unpaired) electrons. The van der Waals surface area contributed by atoms with Crippen molar-refractivity contribution < 1.29 is 13.5 Å². The minimum atomic E-state index is -0.779. The molecule has 4 rings (SSSR count). The molecule has 0 amide bonds. The highest BCUT2D eigenvalue weighted by Gasteiger charge is 2.28. The number of piperazine rings is 1. The second-order valence-corrected chi connectivity index (χ2v) is 9.10. The molecule has 2 saturated heterocycles. The number of nitrogens with zero attached hydrogens (tertiary/aromatic N) is 5. The lowest BCUT2D eigenvalue weighted by Gasteiger charge is -2.39. The van der Waals surface area contributed by atoms with E-state index in [1.165, 1.54) is 18.3 Å². The Hall–Kier alpha value is -2.52. The van der Waals surface area contributed by atoms with Gasteiger partial charge in [-0.3, -0.25) is 0 Å². The van der Waals surface area contributed by atoms with Gasteiger partial charge in [-0.25, -0.2) is 18.7 Å². The van der Waals surface area contributed by atoms with Crippen LogP contribution in [0.3, 0.4) is 0 Å². The Morgan fingerprint density at radius 3 is 2.66 bits per heavy atom. The number of ether oxygens (including phenoxy) is 1. The number of rotatable bonds is 4. The molecular formula is C23H32F2N6O. The number of hydrogen-bond donors (Lipinski definition) is 1. The maximum absolute atomic E-state index is 15.4. The van der Waals surface area contributed by atoms with E-state index in [1.54, 1.807) is 0 Å². The van der Waals surface area contributed by atoms with Gasteiger partial charge >= 0.3 is 0 Å². The molecule has 2 N–H and O–H groups in total. The van der Waals surface area contributed by atoms with E-state index in [2.05, 4.69) is 35.6 Å². The minimum absolute atomic E-state index is 0.0513. The molecule has 2 fully saturated rings. The van der Waals surface area contributed by atoms with Gasteiger partial charge in [-0.15, -0.1) is 0 Å². The Labute approximate surface area is 188 Å². The Morgan fingerprint density at radius 2 is 1.94 bits per heavy atom. The topological polar surface area (TPSA) is 70.8 Å². The Kier molecular flexibility index (Phi) is 6.48. The SMILES string of the molecule is CC(C)[C@@H]1CN(c2nccc(-c3c(F)cc(N4CCN(C)[C@@H](C)C4)c(N)c3F)n2)CCO1. The van der Waals surface area contributed by atoms with Gasteiger partial charge in [0.05, 0.1) is 35.3 Å². The van der Waals surface area contributed by atoms with E-state index < -0.39 is 11.6 Å². The number of hydrogen-bond acceptors (Lipinski definition) is 7. The third kappa shape index (κ3) is 4.36. The maximum atomic E-state index is 15.4. The van der Waals surface area contributed by atoms with Crippen LogP contribution >= 0.6 is 0 Å². The summed E-state index contributed by atoms with van der Waals surface area (Å²) in [6.07, 6.45) is 1.59. The number of likely N-dealkylation sites (N-methyl/N-ethyl adjacent to an activating group) is 1. The first-order valence-electron chi connectivity index (χ1n) is 11.2. The highest BCUT2D eigenvalue weighted by atomic mass is 19.1. The summed E-state index contributed by atoms with van der Waals surface area (Å²) < 4.78 is 36.4. The highest BCUT2D eigenvalue weighted by molar-refractivity contribution is 5.77. The van der Waals surface area contributed by atoms with Gasteiger partial charge in [-0.2, -0.15) is 0 Å². The quantitative estimate of drug-likeness (QED) is 0.724. The lowest BCUT2D eigenvalue weighted by atomic mass is 10.1. The molecule has 3 heterocycles. The number of nitrogen functional groups attached to an aromatic ring is 1. The number of morpholine rings is 1. The van der Waals surface area contributed by atoms with Crippen LogP contribution < -0.4 is 15.5 Å². The summed E-state index contributed by atoms with van der Waals surface area (Å²) in [4.78, 5) is 15.0. The molecule has 0 spiro atoms. The number of anilines is 3. The summed E-state index contributed by atoms with van der Waals surface area (Å²) in [7, 11) is 2.04. The van der Waals surface area contributed by atoms with Gasteiger partial charge in [0.15, 0.2) is 5.82 Å². The van der Waals surface area contributed by atoms with E-state index in [0.717, 1.165) is 6.54 Å². The van der Waals surface area contributed by atoms with E-state index in [1.807, 2.05) is 16.8 Å². The molecule has 0 unspecified atom stereocenters. The van der Waals surface area contributed by atoms with Crippen molar-refractivity contribution in [3.8, 4) is 11.3 Å². The molecule has 0 saturated carbocycles. The van der Waals surface area contributed by atoms with Crippen LogP contribution in [-0.4, -0.2) is 73.4 Å². The maximum Gasteiger partial charge on any atom is 0.226 e. The number of benzene rings is 1. The van der Waals surface area contributed by atoms with Crippen LogP contribution in [0.2, 0.25) is 0 Å². The van der Waals surface area contributed by atoms with Gasteiger partial charge in [-0.05, 0) is 26.0 Å². The van der Waals surface area contributed by atoms with Gasteiger partial charge in [0.25, 0.3) is 0 Å². The molecular weight excluding hydrogens is 414 g/mol.